The van der Waals surface area contributed by atoms with Gasteiger partial charge in [-0.3, -0.25) is 0 Å². The Morgan fingerprint density at radius 2 is 2.11 bits per heavy atom. The SMILES string of the molecule is O=c1oc(CC2(Cc3cccs3)CC2)cc(O)c1C1(CC2CC2)CC=CO1. The monoisotopic (exact) mass is 384 g/mol. The van der Waals surface area contributed by atoms with Crippen molar-refractivity contribution in [3.8, 4) is 5.75 Å². The van der Waals surface area contributed by atoms with Crippen molar-refractivity contribution in [2.75, 3.05) is 0 Å². The molecule has 0 radical (unpaired) electrons. The van der Waals surface area contributed by atoms with Gasteiger partial charge in [-0.15, -0.1) is 11.3 Å². The second-order valence-electron chi connectivity index (χ2n) is 8.53. The third-order valence-electron chi connectivity index (χ3n) is 6.23. The van der Waals surface area contributed by atoms with E-state index in [0.29, 0.717) is 30.1 Å². The first-order valence-electron chi connectivity index (χ1n) is 9.79. The van der Waals surface area contributed by atoms with Gasteiger partial charge >= 0.3 is 5.63 Å². The van der Waals surface area contributed by atoms with Crippen molar-refractivity contribution in [3.05, 3.63) is 62.5 Å². The maximum atomic E-state index is 12.8. The van der Waals surface area contributed by atoms with Gasteiger partial charge in [-0.2, -0.15) is 0 Å². The summed E-state index contributed by atoms with van der Waals surface area (Å²) in [6.45, 7) is 0. The van der Waals surface area contributed by atoms with Gasteiger partial charge in [0, 0.05) is 23.8 Å². The van der Waals surface area contributed by atoms with Crippen molar-refractivity contribution in [2.24, 2.45) is 11.3 Å². The molecular weight excluding hydrogens is 360 g/mol. The molecule has 0 saturated heterocycles. The van der Waals surface area contributed by atoms with Crippen LogP contribution in [-0.2, 0) is 23.2 Å². The zero-order chi connectivity index (χ0) is 18.5. The van der Waals surface area contributed by atoms with Crippen LogP contribution in [0.3, 0.4) is 0 Å². The summed E-state index contributed by atoms with van der Waals surface area (Å²) < 4.78 is 11.6. The lowest BCUT2D eigenvalue weighted by molar-refractivity contribution is 0.0210. The third-order valence-corrected chi connectivity index (χ3v) is 7.10. The Kier molecular flexibility index (Phi) is 3.97. The fourth-order valence-electron chi connectivity index (χ4n) is 4.43. The van der Waals surface area contributed by atoms with E-state index in [4.69, 9.17) is 9.15 Å². The van der Waals surface area contributed by atoms with E-state index < -0.39 is 11.2 Å². The van der Waals surface area contributed by atoms with E-state index in [1.54, 1.807) is 23.7 Å². The molecule has 3 aliphatic rings. The lowest BCUT2D eigenvalue weighted by Gasteiger charge is -2.29. The number of ether oxygens (including phenoxy) is 1. The highest BCUT2D eigenvalue weighted by Crippen LogP contribution is 2.52. The number of aromatic hydroxyl groups is 1. The Morgan fingerprint density at radius 3 is 2.70 bits per heavy atom. The molecule has 27 heavy (non-hydrogen) atoms. The first-order chi connectivity index (χ1) is 13.1. The van der Waals surface area contributed by atoms with Gasteiger partial charge in [0.2, 0.25) is 0 Å². The standard InChI is InChI=1S/C22H24O4S/c23-18-11-16(13-21(7-8-21)14-17-3-1-10-27-17)26-20(24)19(18)22(6-2-9-25-22)12-15-4-5-15/h1-3,9-11,15,23H,4-8,12-14H2. The highest BCUT2D eigenvalue weighted by Gasteiger charge is 2.46. The van der Waals surface area contributed by atoms with E-state index in [2.05, 4.69) is 17.5 Å². The van der Waals surface area contributed by atoms with Gasteiger partial charge < -0.3 is 14.3 Å². The number of rotatable bonds is 7. The molecule has 0 bridgehead atoms. The van der Waals surface area contributed by atoms with Gasteiger partial charge in [-0.1, -0.05) is 18.9 Å². The Bertz CT molecular complexity index is 908. The highest BCUT2D eigenvalue weighted by atomic mass is 32.1. The highest BCUT2D eigenvalue weighted by molar-refractivity contribution is 7.09. The average molecular weight is 384 g/mol. The Labute approximate surface area is 162 Å². The first kappa shape index (κ1) is 17.1. The summed E-state index contributed by atoms with van der Waals surface area (Å²) in [7, 11) is 0. The predicted octanol–water partition coefficient (Wildman–Crippen LogP) is 4.90. The van der Waals surface area contributed by atoms with Crippen molar-refractivity contribution in [2.45, 2.75) is 57.0 Å². The first-order valence-corrected chi connectivity index (χ1v) is 10.7. The van der Waals surface area contributed by atoms with Gasteiger partial charge in [0.05, 0.1) is 6.26 Å². The van der Waals surface area contributed by atoms with Crippen LogP contribution in [0.25, 0.3) is 0 Å². The molecule has 1 N–H and O–H groups in total. The zero-order valence-electron chi connectivity index (χ0n) is 15.3. The number of hydrogen-bond donors (Lipinski definition) is 1. The molecule has 0 spiro atoms. The van der Waals surface area contributed by atoms with E-state index in [1.807, 2.05) is 6.08 Å². The predicted molar refractivity (Wildman–Crippen MR) is 104 cm³/mol. The van der Waals surface area contributed by atoms with E-state index in [0.717, 1.165) is 25.7 Å². The van der Waals surface area contributed by atoms with Crippen LogP contribution < -0.4 is 5.63 Å². The average Bonchev–Trinajstić information content (AvgIpc) is 3.45. The normalized spacial score (nSPS) is 25.5. The quantitative estimate of drug-likeness (QED) is 0.737. The van der Waals surface area contributed by atoms with E-state index in [-0.39, 0.29) is 11.2 Å². The molecule has 1 aliphatic heterocycles. The summed E-state index contributed by atoms with van der Waals surface area (Å²) in [5, 5.41) is 12.8. The summed E-state index contributed by atoms with van der Waals surface area (Å²) >= 11 is 1.77. The van der Waals surface area contributed by atoms with E-state index >= 15 is 0 Å². The second kappa shape index (κ2) is 6.26. The van der Waals surface area contributed by atoms with Crippen LogP contribution in [0.5, 0.6) is 5.75 Å². The summed E-state index contributed by atoms with van der Waals surface area (Å²) in [5.74, 6) is 1.18. The van der Waals surface area contributed by atoms with Crippen LogP contribution in [0.4, 0.5) is 0 Å². The summed E-state index contributed by atoms with van der Waals surface area (Å²) in [5.41, 5.74) is -0.725. The van der Waals surface area contributed by atoms with Gasteiger partial charge in [0.15, 0.2) is 0 Å². The minimum Gasteiger partial charge on any atom is -0.507 e. The zero-order valence-corrected chi connectivity index (χ0v) is 16.1. The molecule has 4 nitrogen and oxygen atoms in total. The van der Waals surface area contributed by atoms with Crippen LogP contribution in [0.2, 0.25) is 0 Å². The molecule has 1 unspecified atom stereocenters. The smallest absolute Gasteiger partial charge is 0.346 e. The van der Waals surface area contributed by atoms with Crippen LogP contribution in [0.1, 0.15) is 54.7 Å². The summed E-state index contributed by atoms with van der Waals surface area (Å²) in [4.78, 5) is 14.2. The molecule has 1 atom stereocenters. The molecule has 5 rings (SSSR count). The van der Waals surface area contributed by atoms with Gasteiger partial charge in [0.1, 0.15) is 22.7 Å². The lowest BCUT2D eigenvalue weighted by Crippen LogP contribution is -2.32. The lowest BCUT2D eigenvalue weighted by atomic mass is 9.86. The van der Waals surface area contributed by atoms with Crippen molar-refractivity contribution >= 4 is 11.3 Å². The van der Waals surface area contributed by atoms with Crippen LogP contribution in [0, 0.1) is 11.3 Å². The molecule has 2 fully saturated rings. The molecule has 2 saturated carbocycles. The molecule has 5 heteroatoms. The van der Waals surface area contributed by atoms with Crippen molar-refractivity contribution in [1.29, 1.82) is 0 Å². The Balaban J connectivity index is 1.41. The second-order valence-corrected chi connectivity index (χ2v) is 9.56. The fraction of sp³-hybridized carbons (Fsp3) is 0.500. The van der Waals surface area contributed by atoms with Gasteiger partial charge in [0.25, 0.3) is 0 Å². The molecule has 0 amide bonds. The van der Waals surface area contributed by atoms with Crippen molar-refractivity contribution in [3.63, 3.8) is 0 Å². The molecule has 3 heterocycles. The Morgan fingerprint density at radius 1 is 1.26 bits per heavy atom. The fourth-order valence-corrected chi connectivity index (χ4v) is 5.31. The van der Waals surface area contributed by atoms with Crippen molar-refractivity contribution < 1.29 is 14.3 Å². The van der Waals surface area contributed by atoms with Gasteiger partial charge in [-0.05, 0) is 54.5 Å². The van der Waals surface area contributed by atoms with Crippen molar-refractivity contribution in [1.82, 2.24) is 0 Å². The number of thiophene rings is 1. The summed E-state index contributed by atoms with van der Waals surface area (Å²) in [6, 6.07) is 5.89. The molecule has 2 aliphatic carbocycles. The molecule has 2 aromatic heterocycles. The minimum atomic E-state index is -0.751. The topological polar surface area (TPSA) is 59.7 Å². The molecule has 142 valence electrons. The Hall–Kier alpha value is -2.01. The van der Waals surface area contributed by atoms with Crippen LogP contribution in [-0.4, -0.2) is 5.11 Å². The maximum Gasteiger partial charge on any atom is 0.346 e. The van der Waals surface area contributed by atoms with Gasteiger partial charge in [-0.25, -0.2) is 4.79 Å². The number of hydrogen-bond acceptors (Lipinski definition) is 5. The largest absolute Gasteiger partial charge is 0.507 e. The van der Waals surface area contributed by atoms with E-state index in [9.17, 15) is 9.90 Å². The van der Waals surface area contributed by atoms with E-state index in [1.165, 1.54) is 17.7 Å². The molecule has 2 aromatic rings. The summed E-state index contributed by atoms with van der Waals surface area (Å²) in [6.07, 6.45) is 11.3. The minimum absolute atomic E-state index is 0.0255. The van der Waals surface area contributed by atoms with Crippen LogP contribution >= 0.6 is 11.3 Å². The molecular formula is C22H24O4S. The maximum absolute atomic E-state index is 12.8. The third kappa shape index (κ3) is 3.33. The molecule has 0 aromatic carbocycles. The van der Waals surface area contributed by atoms with Crippen LogP contribution in [0.15, 0.2) is 45.1 Å².